The highest BCUT2D eigenvalue weighted by Crippen LogP contribution is 2.46. The number of ether oxygens (including phenoxy) is 1. The topological polar surface area (TPSA) is 87.6 Å². The van der Waals surface area contributed by atoms with Gasteiger partial charge in [-0.15, -0.1) is 11.8 Å². The molecule has 0 radical (unpaired) electrons. The Morgan fingerprint density at radius 2 is 1.78 bits per heavy atom. The summed E-state index contributed by atoms with van der Waals surface area (Å²) >= 11 is 1.65. The van der Waals surface area contributed by atoms with Crippen molar-refractivity contribution in [1.82, 2.24) is 15.3 Å². The fourth-order valence-electron chi connectivity index (χ4n) is 4.69. The van der Waals surface area contributed by atoms with E-state index in [1.807, 2.05) is 36.6 Å². The minimum absolute atomic E-state index is 0.200. The first-order chi connectivity index (χ1) is 17.6. The second kappa shape index (κ2) is 9.75. The normalized spacial score (nSPS) is 17.8. The van der Waals surface area contributed by atoms with E-state index in [1.165, 1.54) is 37.1 Å². The molecule has 1 amide bonds. The standard InChI is InChI=1S/C28H30N4O3S/c1-36-21-8-6-19(7-9-21)25(16-33)30-27(34)22-10-11-26-28(31-22)35-13-12-32(26)20-14-23(17-2-3-17)29-24(15-20)18-4-5-18/h6-11,14-15,17-18,25,33H,2-5,12-13,16H2,1H3,(H,30,34). The number of carbonyl (C=O) groups is 1. The van der Waals surface area contributed by atoms with Crippen molar-refractivity contribution in [3.63, 3.8) is 0 Å². The summed E-state index contributed by atoms with van der Waals surface area (Å²) < 4.78 is 5.89. The molecule has 1 aliphatic heterocycles. The number of hydrogen-bond acceptors (Lipinski definition) is 7. The smallest absolute Gasteiger partial charge is 0.270 e. The Morgan fingerprint density at radius 3 is 2.39 bits per heavy atom. The molecule has 36 heavy (non-hydrogen) atoms. The van der Waals surface area contributed by atoms with Crippen LogP contribution in [-0.4, -0.2) is 47.0 Å². The van der Waals surface area contributed by atoms with Gasteiger partial charge in [-0.05, 0) is 73.9 Å². The van der Waals surface area contributed by atoms with Gasteiger partial charge in [-0.3, -0.25) is 9.78 Å². The first-order valence-electron chi connectivity index (χ1n) is 12.6. The number of pyridine rings is 2. The van der Waals surface area contributed by atoms with E-state index in [2.05, 4.69) is 27.3 Å². The zero-order chi connectivity index (χ0) is 24.6. The fourth-order valence-corrected chi connectivity index (χ4v) is 5.10. The van der Waals surface area contributed by atoms with Gasteiger partial charge >= 0.3 is 0 Å². The van der Waals surface area contributed by atoms with Gasteiger partial charge in [0, 0.05) is 33.8 Å². The number of anilines is 2. The van der Waals surface area contributed by atoms with E-state index >= 15 is 0 Å². The zero-order valence-corrected chi connectivity index (χ0v) is 21.1. The maximum absolute atomic E-state index is 13.0. The molecule has 2 N–H and O–H groups in total. The largest absolute Gasteiger partial charge is 0.474 e. The summed E-state index contributed by atoms with van der Waals surface area (Å²) in [7, 11) is 0. The molecule has 1 atom stereocenters. The Morgan fingerprint density at radius 1 is 1.08 bits per heavy atom. The number of aliphatic hydroxyl groups excluding tert-OH is 1. The van der Waals surface area contributed by atoms with Crippen molar-refractivity contribution in [2.45, 2.75) is 48.5 Å². The van der Waals surface area contributed by atoms with Gasteiger partial charge in [-0.1, -0.05) is 12.1 Å². The van der Waals surface area contributed by atoms with E-state index in [1.54, 1.807) is 17.8 Å². The SMILES string of the molecule is CSc1ccc(C(CO)NC(=O)c2ccc3c(n2)OCCN3c2cc(C3CC3)nc(C3CC3)c2)cc1. The molecule has 3 aromatic rings. The van der Waals surface area contributed by atoms with Gasteiger partial charge in [-0.25, -0.2) is 4.98 Å². The van der Waals surface area contributed by atoms with Crippen LogP contribution >= 0.6 is 11.8 Å². The summed E-state index contributed by atoms with van der Waals surface area (Å²) in [5.41, 5.74) is 5.51. The number of aromatic nitrogens is 2. The van der Waals surface area contributed by atoms with Gasteiger partial charge < -0.3 is 20.1 Å². The molecule has 6 rings (SSSR count). The zero-order valence-electron chi connectivity index (χ0n) is 20.3. The van der Waals surface area contributed by atoms with Crippen LogP contribution in [-0.2, 0) is 0 Å². The lowest BCUT2D eigenvalue weighted by Crippen LogP contribution is -2.33. The molecular weight excluding hydrogens is 472 g/mol. The Hall–Kier alpha value is -3.10. The summed E-state index contributed by atoms with van der Waals surface area (Å²) in [6.45, 7) is 1.01. The maximum atomic E-state index is 13.0. The van der Waals surface area contributed by atoms with Crippen molar-refractivity contribution in [3.8, 4) is 5.88 Å². The summed E-state index contributed by atoms with van der Waals surface area (Å²) in [6, 6.07) is 15.4. The Kier molecular flexibility index (Phi) is 6.31. The predicted octanol–water partition coefficient (Wildman–Crippen LogP) is 4.95. The Balaban J connectivity index is 1.24. The second-order valence-corrected chi connectivity index (χ2v) is 10.6. The number of thioether (sulfide) groups is 1. The van der Waals surface area contributed by atoms with Crippen LogP contribution in [0.2, 0.25) is 0 Å². The highest BCUT2D eigenvalue weighted by atomic mass is 32.2. The van der Waals surface area contributed by atoms with Gasteiger partial charge in [0.05, 0.1) is 19.2 Å². The van der Waals surface area contributed by atoms with Crippen LogP contribution in [0.15, 0.2) is 53.4 Å². The molecule has 1 unspecified atom stereocenters. The van der Waals surface area contributed by atoms with Crippen molar-refractivity contribution in [3.05, 3.63) is 71.2 Å². The molecule has 3 aliphatic rings. The quantitative estimate of drug-likeness (QED) is 0.422. The third kappa shape index (κ3) is 4.80. The molecule has 2 fully saturated rings. The van der Waals surface area contributed by atoms with E-state index in [-0.39, 0.29) is 18.2 Å². The number of aliphatic hydroxyl groups is 1. The van der Waals surface area contributed by atoms with Crippen LogP contribution in [0.1, 0.15) is 71.0 Å². The lowest BCUT2D eigenvalue weighted by Gasteiger charge is -2.31. The number of benzene rings is 1. The van der Waals surface area contributed by atoms with Crippen LogP contribution < -0.4 is 15.0 Å². The monoisotopic (exact) mass is 502 g/mol. The van der Waals surface area contributed by atoms with Crippen LogP contribution in [0, 0.1) is 0 Å². The first kappa shape index (κ1) is 23.3. The molecule has 0 bridgehead atoms. The van der Waals surface area contributed by atoms with Crippen LogP contribution in [0.5, 0.6) is 5.88 Å². The molecule has 2 saturated carbocycles. The fraction of sp³-hybridized carbons (Fsp3) is 0.393. The van der Waals surface area contributed by atoms with Gasteiger partial charge in [-0.2, -0.15) is 0 Å². The van der Waals surface area contributed by atoms with E-state index in [9.17, 15) is 9.90 Å². The molecule has 0 saturated heterocycles. The molecule has 3 heterocycles. The number of amides is 1. The van der Waals surface area contributed by atoms with Gasteiger partial charge in [0.15, 0.2) is 0 Å². The highest BCUT2D eigenvalue weighted by molar-refractivity contribution is 7.98. The average molecular weight is 503 g/mol. The molecule has 186 valence electrons. The predicted molar refractivity (Wildman–Crippen MR) is 140 cm³/mol. The lowest BCUT2D eigenvalue weighted by molar-refractivity contribution is 0.0910. The maximum Gasteiger partial charge on any atom is 0.270 e. The Labute approximate surface area is 215 Å². The van der Waals surface area contributed by atoms with Gasteiger partial charge in [0.1, 0.15) is 18.0 Å². The van der Waals surface area contributed by atoms with Crippen molar-refractivity contribution in [1.29, 1.82) is 0 Å². The van der Waals surface area contributed by atoms with Crippen molar-refractivity contribution < 1.29 is 14.6 Å². The number of nitrogens with one attached hydrogen (secondary N) is 1. The summed E-state index contributed by atoms with van der Waals surface area (Å²) in [4.78, 5) is 25.9. The van der Waals surface area contributed by atoms with E-state index < -0.39 is 6.04 Å². The minimum Gasteiger partial charge on any atom is -0.474 e. The van der Waals surface area contributed by atoms with E-state index in [4.69, 9.17) is 9.72 Å². The molecule has 2 aromatic heterocycles. The van der Waals surface area contributed by atoms with Gasteiger partial charge in [0.2, 0.25) is 5.88 Å². The molecule has 8 heteroatoms. The first-order valence-corrected chi connectivity index (χ1v) is 13.8. The average Bonchev–Trinajstić information content (AvgIpc) is 3.84. The third-order valence-electron chi connectivity index (χ3n) is 7.08. The third-order valence-corrected chi connectivity index (χ3v) is 7.82. The second-order valence-electron chi connectivity index (χ2n) is 9.73. The number of hydrogen-bond donors (Lipinski definition) is 2. The number of fused-ring (bicyclic) bond motifs is 1. The molecule has 2 aliphatic carbocycles. The van der Waals surface area contributed by atoms with Crippen molar-refractivity contribution in [2.75, 3.05) is 30.9 Å². The van der Waals surface area contributed by atoms with Crippen LogP contribution in [0.25, 0.3) is 0 Å². The number of carbonyl (C=O) groups excluding carboxylic acids is 1. The van der Waals surface area contributed by atoms with Gasteiger partial charge in [0.25, 0.3) is 5.91 Å². The number of rotatable bonds is 8. The summed E-state index contributed by atoms with van der Waals surface area (Å²) in [6.07, 6.45) is 6.89. The molecule has 0 spiro atoms. The minimum atomic E-state index is -0.512. The Bertz CT molecular complexity index is 1240. The van der Waals surface area contributed by atoms with E-state index in [0.29, 0.717) is 24.3 Å². The van der Waals surface area contributed by atoms with Crippen molar-refractivity contribution >= 4 is 29.0 Å². The highest BCUT2D eigenvalue weighted by Gasteiger charge is 2.32. The number of nitrogens with zero attached hydrogens (tertiary/aromatic N) is 3. The van der Waals surface area contributed by atoms with Crippen LogP contribution in [0.3, 0.4) is 0 Å². The summed E-state index contributed by atoms with van der Waals surface area (Å²) in [5, 5.41) is 12.8. The lowest BCUT2D eigenvalue weighted by atomic mass is 10.1. The molecule has 1 aromatic carbocycles. The molecule has 7 nitrogen and oxygen atoms in total. The van der Waals surface area contributed by atoms with E-state index in [0.717, 1.165) is 28.4 Å². The van der Waals surface area contributed by atoms with Crippen molar-refractivity contribution in [2.24, 2.45) is 0 Å². The van der Waals surface area contributed by atoms with Crippen LogP contribution in [0.4, 0.5) is 11.4 Å². The summed E-state index contributed by atoms with van der Waals surface area (Å²) in [5.74, 6) is 1.28. The molecular formula is C28H30N4O3S.